The number of carbonyl (C=O) groups is 1. The van der Waals surface area contributed by atoms with Crippen LogP contribution in [0.1, 0.15) is 106 Å². The zero-order chi connectivity index (χ0) is 20.0. The van der Waals surface area contributed by atoms with E-state index in [2.05, 4.69) is 18.0 Å². The third-order valence-corrected chi connectivity index (χ3v) is 5.65. The molecule has 28 heavy (non-hydrogen) atoms. The van der Waals surface area contributed by atoms with Gasteiger partial charge in [-0.05, 0) is 37.1 Å². The van der Waals surface area contributed by atoms with E-state index >= 15 is 0 Å². The maximum atomic E-state index is 11.6. The summed E-state index contributed by atoms with van der Waals surface area (Å²) in [4.78, 5) is 15.1. The molecule has 3 heteroatoms. The Bertz CT molecular complexity index is 689. The molecule has 0 aliphatic carbocycles. The van der Waals surface area contributed by atoms with Crippen LogP contribution in [0.5, 0.6) is 0 Å². The van der Waals surface area contributed by atoms with E-state index in [0.717, 1.165) is 17.3 Å². The molecule has 0 saturated heterocycles. The molecule has 1 heterocycles. The standard InChI is InChI=1S/C25H39NO2/c1-3-4-5-6-7-8-9-10-11-12-13-14-15-16-23-20-22-19-21(25(27)28-2)17-18-24(22)26-23/h17-20,26H,3-16H2,1-2H3. The molecule has 0 spiro atoms. The van der Waals surface area contributed by atoms with Gasteiger partial charge in [0.25, 0.3) is 0 Å². The van der Waals surface area contributed by atoms with E-state index in [1.54, 1.807) is 0 Å². The Morgan fingerprint density at radius 3 is 1.96 bits per heavy atom. The molecule has 156 valence electrons. The molecule has 2 aromatic rings. The fourth-order valence-electron chi connectivity index (χ4n) is 3.91. The molecule has 1 N–H and O–H groups in total. The minimum atomic E-state index is -0.277. The summed E-state index contributed by atoms with van der Waals surface area (Å²) in [5, 5.41) is 1.09. The molecule has 1 aromatic heterocycles. The highest BCUT2D eigenvalue weighted by atomic mass is 16.5. The van der Waals surface area contributed by atoms with Gasteiger partial charge in [-0.1, -0.05) is 84.0 Å². The summed E-state index contributed by atoms with van der Waals surface area (Å²) in [6.45, 7) is 2.28. The number of carbonyl (C=O) groups excluding carboxylic acids is 1. The van der Waals surface area contributed by atoms with Crippen molar-refractivity contribution in [2.75, 3.05) is 7.11 Å². The zero-order valence-corrected chi connectivity index (χ0v) is 18.0. The number of H-pyrrole nitrogens is 1. The fourth-order valence-corrected chi connectivity index (χ4v) is 3.91. The lowest BCUT2D eigenvalue weighted by atomic mass is 10.0. The first-order valence-electron chi connectivity index (χ1n) is 11.4. The van der Waals surface area contributed by atoms with Gasteiger partial charge in [0.2, 0.25) is 0 Å². The highest BCUT2D eigenvalue weighted by molar-refractivity contribution is 5.94. The van der Waals surface area contributed by atoms with Gasteiger partial charge in [-0.3, -0.25) is 0 Å². The van der Waals surface area contributed by atoms with E-state index in [1.165, 1.54) is 96.3 Å². The number of benzene rings is 1. The van der Waals surface area contributed by atoms with Crippen molar-refractivity contribution >= 4 is 16.9 Å². The zero-order valence-electron chi connectivity index (χ0n) is 18.0. The van der Waals surface area contributed by atoms with Gasteiger partial charge >= 0.3 is 5.97 Å². The minimum Gasteiger partial charge on any atom is -0.465 e. The van der Waals surface area contributed by atoms with Gasteiger partial charge in [-0.15, -0.1) is 0 Å². The number of hydrogen-bond donors (Lipinski definition) is 1. The van der Waals surface area contributed by atoms with Crippen LogP contribution in [0.25, 0.3) is 10.9 Å². The van der Waals surface area contributed by atoms with Gasteiger partial charge in [0.05, 0.1) is 12.7 Å². The van der Waals surface area contributed by atoms with E-state index in [-0.39, 0.29) is 5.97 Å². The molecular weight excluding hydrogens is 346 g/mol. The van der Waals surface area contributed by atoms with E-state index in [4.69, 9.17) is 4.74 Å². The normalized spacial score (nSPS) is 11.2. The van der Waals surface area contributed by atoms with E-state index in [9.17, 15) is 4.79 Å². The Morgan fingerprint density at radius 2 is 1.39 bits per heavy atom. The number of aromatic amines is 1. The largest absolute Gasteiger partial charge is 0.465 e. The maximum absolute atomic E-state index is 11.6. The molecule has 0 aliphatic heterocycles. The molecule has 0 saturated carbocycles. The monoisotopic (exact) mass is 385 g/mol. The first-order chi connectivity index (χ1) is 13.7. The SMILES string of the molecule is CCCCCCCCCCCCCCCc1cc2cc(C(=O)OC)ccc2[nH]1. The lowest BCUT2D eigenvalue weighted by Gasteiger charge is -2.03. The topological polar surface area (TPSA) is 42.1 Å². The average Bonchev–Trinajstić information content (AvgIpc) is 3.12. The second-order valence-corrected chi connectivity index (χ2v) is 8.08. The molecule has 2 rings (SSSR count). The number of unbranched alkanes of at least 4 members (excludes halogenated alkanes) is 12. The highest BCUT2D eigenvalue weighted by Crippen LogP contribution is 2.20. The van der Waals surface area contributed by atoms with Crippen molar-refractivity contribution in [3.05, 3.63) is 35.5 Å². The van der Waals surface area contributed by atoms with Crippen molar-refractivity contribution in [1.29, 1.82) is 0 Å². The lowest BCUT2D eigenvalue weighted by Crippen LogP contribution is -2.00. The molecular formula is C25H39NO2. The van der Waals surface area contributed by atoms with Crippen LogP contribution in [0.15, 0.2) is 24.3 Å². The van der Waals surface area contributed by atoms with Crippen LogP contribution in [-0.2, 0) is 11.2 Å². The molecule has 0 radical (unpaired) electrons. The minimum absolute atomic E-state index is 0.277. The average molecular weight is 386 g/mol. The number of hydrogen-bond acceptors (Lipinski definition) is 2. The second-order valence-electron chi connectivity index (χ2n) is 8.08. The summed E-state index contributed by atoms with van der Waals surface area (Å²) in [5.74, 6) is -0.277. The van der Waals surface area contributed by atoms with Crippen molar-refractivity contribution in [1.82, 2.24) is 4.98 Å². The van der Waals surface area contributed by atoms with Crippen molar-refractivity contribution < 1.29 is 9.53 Å². The molecule has 0 unspecified atom stereocenters. The van der Waals surface area contributed by atoms with Crippen molar-refractivity contribution in [2.24, 2.45) is 0 Å². The third-order valence-electron chi connectivity index (χ3n) is 5.65. The first-order valence-corrected chi connectivity index (χ1v) is 11.4. The summed E-state index contributed by atoms with van der Waals surface area (Å²) in [6.07, 6.45) is 19.1. The number of aromatic nitrogens is 1. The third kappa shape index (κ3) is 8.08. The summed E-state index contributed by atoms with van der Waals surface area (Å²) in [6, 6.07) is 7.86. The van der Waals surface area contributed by atoms with E-state index in [1.807, 2.05) is 18.2 Å². The molecule has 0 bridgehead atoms. The number of aryl methyl sites for hydroxylation is 1. The molecule has 0 aliphatic rings. The van der Waals surface area contributed by atoms with E-state index < -0.39 is 0 Å². The Labute approximate surface area is 171 Å². The van der Waals surface area contributed by atoms with Crippen LogP contribution >= 0.6 is 0 Å². The summed E-state index contributed by atoms with van der Waals surface area (Å²) >= 11 is 0. The maximum Gasteiger partial charge on any atom is 0.337 e. The van der Waals surface area contributed by atoms with Gasteiger partial charge in [0.1, 0.15) is 0 Å². The molecule has 0 amide bonds. The van der Waals surface area contributed by atoms with Crippen molar-refractivity contribution in [2.45, 2.75) is 96.8 Å². The number of rotatable bonds is 15. The van der Waals surface area contributed by atoms with E-state index in [0.29, 0.717) is 5.56 Å². The van der Waals surface area contributed by atoms with Gasteiger partial charge in [-0.2, -0.15) is 0 Å². The van der Waals surface area contributed by atoms with Gasteiger partial charge < -0.3 is 9.72 Å². The number of fused-ring (bicyclic) bond motifs is 1. The van der Waals surface area contributed by atoms with Crippen LogP contribution in [0.3, 0.4) is 0 Å². The van der Waals surface area contributed by atoms with Crippen LogP contribution < -0.4 is 0 Å². The smallest absolute Gasteiger partial charge is 0.337 e. The number of ether oxygens (including phenoxy) is 1. The Balaban J connectivity index is 1.52. The second kappa shape index (κ2) is 13.4. The fraction of sp³-hybridized carbons (Fsp3) is 0.640. The lowest BCUT2D eigenvalue weighted by molar-refractivity contribution is 0.0601. The summed E-state index contributed by atoms with van der Waals surface area (Å²) in [7, 11) is 1.42. The number of nitrogens with one attached hydrogen (secondary N) is 1. The first kappa shape index (κ1) is 22.5. The molecule has 0 atom stereocenters. The molecule has 0 fully saturated rings. The highest BCUT2D eigenvalue weighted by Gasteiger charge is 2.07. The molecule has 3 nitrogen and oxygen atoms in total. The van der Waals surface area contributed by atoms with Crippen LogP contribution in [-0.4, -0.2) is 18.1 Å². The quantitative estimate of drug-likeness (QED) is 0.253. The van der Waals surface area contributed by atoms with Crippen LogP contribution in [0.4, 0.5) is 0 Å². The Morgan fingerprint density at radius 1 is 0.821 bits per heavy atom. The predicted molar refractivity (Wildman–Crippen MR) is 119 cm³/mol. The van der Waals surface area contributed by atoms with Crippen molar-refractivity contribution in [3.63, 3.8) is 0 Å². The van der Waals surface area contributed by atoms with Crippen LogP contribution in [0, 0.1) is 0 Å². The Kier molecular flexibility index (Phi) is 10.8. The van der Waals surface area contributed by atoms with Gasteiger partial charge in [-0.25, -0.2) is 4.79 Å². The Hall–Kier alpha value is -1.77. The van der Waals surface area contributed by atoms with Crippen molar-refractivity contribution in [3.8, 4) is 0 Å². The van der Waals surface area contributed by atoms with Gasteiger partial charge in [0, 0.05) is 16.6 Å². The predicted octanol–water partition coefficient (Wildman–Crippen LogP) is 7.59. The summed E-state index contributed by atoms with van der Waals surface area (Å²) < 4.78 is 4.80. The number of methoxy groups -OCH3 is 1. The molecule has 1 aromatic carbocycles. The number of esters is 1. The van der Waals surface area contributed by atoms with Crippen LogP contribution in [0.2, 0.25) is 0 Å². The summed E-state index contributed by atoms with van der Waals surface area (Å²) in [5.41, 5.74) is 2.97. The van der Waals surface area contributed by atoms with Gasteiger partial charge in [0.15, 0.2) is 0 Å².